The summed E-state index contributed by atoms with van der Waals surface area (Å²) in [7, 11) is -3.81. The van der Waals surface area contributed by atoms with Gasteiger partial charge in [0.25, 0.3) is 10.0 Å². The van der Waals surface area contributed by atoms with Gasteiger partial charge in [-0.2, -0.15) is 0 Å². The standard InChI is InChI=1S/C19H22BrNO4S/c1-14(2)17-6-3-4-7-18(17)21(13-5-8-19(22)23)26(24,25)16-11-9-15(20)10-12-16/h3-4,6-7,9-12,14H,5,8,13H2,1-2H3,(H,22,23). The Balaban J connectivity index is 2.50. The van der Waals surface area contributed by atoms with E-state index in [0.717, 1.165) is 10.0 Å². The van der Waals surface area contributed by atoms with Crippen molar-refractivity contribution in [3.05, 3.63) is 58.6 Å². The number of halogens is 1. The number of carbonyl (C=O) groups is 1. The van der Waals surface area contributed by atoms with Gasteiger partial charge in [0.15, 0.2) is 0 Å². The lowest BCUT2D eigenvalue weighted by molar-refractivity contribution is -0.137. The Kier molecular flexibility index (Phi) is 6.83. The summed E-state index contributed by atoms with van der Waals surface area (Å²) in [6, 6.07) is 13.8. The molecule has 1 N–H and O–H groups in total. The zero-order valence-corrected chi connectivity index (χ0v) is 17.1. The molecule has 2 aromatic carbocycles. The maximum Gasteiger partial charge on any atom is 0.303 e. The highest BCUT2D eigenvalue weighted by molar-refractivity contribution is 9.10. The largest absolute Gasteiger partial charge is 0.481 e. The van der Waals surface area contributed by atoms with Gasteiger partial charge in [0, 0.05) is 17.4 Å². The molecule has 0 spiro atoms. The molecule has 0 amide bonds. The third kappa shape index (κ3) is 4.86. The van der Waals surface area contributed by atoms with E-state index in [1.54, 1.807) is 36.4 Å². The van der Waals surface area contributed by atoms with Crippen molar-refractivity contribution < 1.29 is 18.3 Å². The van der Waals surface area contributed by atoms with Crippen LogP contribution in [0.25, 0.3) is 0 Å². The molecule has 0 unspecified atom stereocenters. The van der Waals surface area contributed by atoms with Gasteiger partial charge < -0.3 is 5.11 Å². The summed E-state index contributed by atoms with van der Waals surface area (Å²) in [5.74, 6) is -0.809. The Morgan fingerprint density at radius 1 is 1.12 bits per heavy atom. The van der Waals surface area contributed by atoms with Crippen LogP contribution >= 0.6 is 15.9 Å². The summed E-state index contributed by atoms with van der Waals surface area (Å²) >= 11 is 3.31. The van der Waals surface area contributed by atoms with Crippen molar-refractivity contribution in [1.82, 2.24) is 0 Å². The molecule has 0 radical (unpaired) electrons. The minimum absolute atomic E-state index is 0.0871. The van der Waals surface area contributed by atoms with Gasteiger partial charge in [-0.3, -0.25) is 9.10 Å². The maximum atomic E-state index is 13.3. The molecule has 7 heteroatoms. The normalized spacial score (nSPS) is 11.5. The minimum atomic E-state index is -3.81. The van der Waals surface area contributed by atoms with E-state index in [4.69, 9.17) is 5.11 Å². The number of anilines is 1. The number of hydrogen-bond acceptors (Lipinski definition) is 3. The van der Waals surface area contributed by atoms with Gasteiger partial charge in [-0.15, -0.1) is 0 Å². The molecular weight excluding hydrogens is 418 g/mol. The molecule has 0 atom stereocenters. The second-order valence-electron chi connectivity index (χ2n) is 6.24. The highest BCUT2D eigenvalue weighted by Gasteiger charge is 2.27. The van der Waals surface area contributed by atoms with Crippen molar-refractivity contribution >= 4 is 37.6 Å². The highest BCUT2D eigenvalue weighted by Crippen LogP contribution is 2.32. The fourth-order valence-electron chi connectivity index (χ4n) is 2.68. The van der Waals surface area contributed by atoms with Crippen LogP contribution in [-0.4, -0.2) is 26.0 Å². The number of carboxylic acid groups (broad SMARTS) is 1. The summed E-state index contributed by atoms with van der Waals surface area (Å²) in [6.07, 6.45) is 0.147. The average molecular weight is 440 g/mol. The van der Waals surface area contributed by atoms with Crippen molar-refractivity contribution in [3.63, 3.8) is 0 Å². The summed E-state index contributed by atoms with van der Waals surface area (Å²) in [5, 5.41) is 8.92. The minimum Gasteiger partial charge on any atom is -0.481 e. The van der Waals surface area contributed by atoms with Gasteiger partial charge in [-0.25, -0.2) is 8.42 Å². The molecule has 0 bridgehead atoms. The molecule has 0 aliphatic heterocycles. The fraction of sp³-hybridized carbons (Fsp3) is 0.316. The Morgan fingerprint density at radius 3 is 2.31 bits per heavy atom. The lowest BCUT2D eigenvalue weighted by Crippen LogP contribution is -2.33. The molecule has 0 saturated carbocycles. The second-order valence-corrected chi connectivity index (χ2v) is 9.02. The van der Waals surface area contributed by atoms with E-state index in [0.29, 0.717) is 5.69 Å². The average Bonchev–Trinajstić information content (AvgIpc) is 2.58. The lowest BCUT2D eigenvalue weighted by Gasteiger charge is -2.27. The van der Waals surface area contributed by atoms with Gasteiger partial charge in [0.1, 0.15) is 0 Å². The predicted octanol–water partition coefficient (Wildman–Crippen LogP) is 4.63. The smallest absolute Gasteiger partial charge is 0.303 e. The van der Waals surface area contributed by atoms with E-state index in [-0.39, 0.29) is 30.2 Å². The third-order valence-corrected chi connectivity index (χ3v) is 6.34. The van der Waals surface area contributed by atoms with E-state index < -0.39 is 16.0 Å². The number of nitrogens with zero attached hydrogens (tertiary/aromatic N) is 1. The van der Waals surface area contributed by atoms with Crippen molar-refractivity contribution in [3.8, 4) is 0 Å². The fourth-order valence-corrected chi connectivity index (χ4v) is 4.47. The topological polar surface area (TPSA) is 74.7 Å². The lowest BCUT2D eigenvalue weighted by atomic mass is 10.0. The number of aliphatic carboxylic acids is 1. The molecule has 26 heavy (non-hydrogen) atoms. The number of rotatable bonds is 8. The predicted molar refractivity (Wildman–Crippen MR) is 106 cm³/mol. The van der Waals surface area contributed by atoms with Crippen LogP contribution in [0, 0.1) is 0 Å². The monoisotopic (exact) mass is 439 g/mol. The van der Waals surface area contributed by atoms with Crippen molar-refractivity contribution in [2.75, 3.05) is 10.8 Å². The Labute approximate surface area is 162 Å². The van der Waals surface area contributed by atoms with Crippen LogP contribution in [-0.2, 0) is 14.8 Å². The highest BCUT2D eigenvalue weighted by atomic mass is 79.9. The zero-order valence-electron chi connectivity index (χ0n) is 14.7. The van der Waals surface area contributed by atoms with Crippen LogP contribution in [0.4, 0.5) is 5.69 Å². The van der Waals surface area contributed by atoms with E-state index in [2.05, 4.69) is 15.9 Å². The first-order chi connectivity index (χ1) is 12.2. The molecular formula is C19H22BrNO4S. The van der Waals surface area contributed by atoms with Crippen LogP contribution in [0.15, 0.2) is 57.9 Å². The molecule has 0 aliphatic rings. The number of benzene rings is 2. The second kappa shape index (κ2) is 8.68. The van der Waals surface area contributed by atoms with Gasteiger partial charge in [0.2, 0.25) is 0 Å². The Bertz CT molecular complexity index is 863. The van der Waals surface area contributed by atoms with Gasteiger partial charge >= 0.3 is 5.97 Å². The van der Waals surface area contributed by atoms with Crippen molar-refractivity contribution in [2.45, 2.75) is 37.5 Å². The van der Waals surface area contributed by atoms with Crippen LogP contribution in [0.1, 0.15) is 38.2 Å². The van der Waals surface area contributed by atoms with E-state index in [1.807, 2.05) is 26.0 Å². The first-order valence-electron chi connectivity index (χ1n) is 8.32. The summed E-state index contributed by atoms with van der Waals surface area (Å²) in [5.41, 5.74) is 1.50. The SMILES string of the molecule is CC(C)c1ccccc1N(CCCC(=O)O)S(=O)(=O)c1ccc(Br)cc1. The van der Waals surface area contributed by atoms with Gasteiger partial charge in [-0.05, 0) is 48.2 Å². The first kappa shape index (κ1) is 20.5. The first-order valence-corrected chi connectivity index (χ1v) is 10.6. The molecule has 5 nitrogen and oxygen atoms in total. The molecule has 0 aromatic heterocycles. The number of sulfonamides is 1. The van der Waals surface area contributed by atoms with Crippen LogP contribution in [0.3, 0.4) is 0 Å². The van der Waals surface area contributed by atoms with Crippen LogP contribution in [0.2, 0.25) is 0 Å². The molecule has 2 rings (SSSR count). The van der Waals surface area contributed by atoms with E-state index in [9.17, 15) is 13.2 Å². The summed E-state index contributed by atoms with van der Waals surface area (Å²) in [6.45, 7) is 4.11. The number of hydrogen-bond donors (Lipinski definition) is 1. The van der Waals surface area contributed by atoms with Crippen molar-refractivity contribution in [2.24, 2.45) is 0 Å². The Morgan fingerprint density at radius 2 is 1.73 bits per heavy atom. The quantitative estimate of drug-likeness (QED) is 0.650. The summed E-state index contributed by atoms with van der Waals surface area (Å²) in [4.78, 5) is 11.1. The number of carboxylic acids is 1. The molecule has 0 aliphatic carbocycles. The molecule has 0 heterocycles. The third-order valence-electron chi connectivity index (χ3n) is 3.98. The zero-order chi connectivity index (χ0) is 19.3. The van der Waals surface area contributed by atoms with Crippen molar-refractivity contribution in [1.29, 1.82) is 0 Å². The molecule has 0 fully saturated rings. The molecule has 140 valence electrons. The molecule has 2 aromatic rings. The maximum absolute atomic E-state index is 13.3. The van der Waals surface area contributed by atoms with Gasteiger partial charge in [-0.1, -0.05) is 48.0 Å². The summed E-state index contributed by atoms with van der Waals surface area (Å²) < 4.78 is 28.6. The van der Waals surface area contributed by atoms with Crippen LogP contribution in [0.5, 0.6) is 0 Å². The number of para-hydroxylation sites is 1. The Hall–Kier alpha value is -1.86. The van der Waals surface area contributed by atoms with E-state index in [1.165, 1.54) is 4.31 Å². The van der Waals surface area contributed by atoms with Crippen LogP contribution < -0.4 is 4.31 Å². The molecule has 0 saturated heterocycles. The van der Waals surface area contributed by atoms with Gasteiger partial charge in [0.05, 0.1) is 10.6 Å². The van der Waals surface area contributed by atoms with E-state index >= 15 is 0 Å².